The minimum atomic E-state index is -2.87. The monoisotopic (exact) mass is 285 g/mol. The van der Waals surface area contributed by atoms with E-state index in [2.05, 4.69) is 26.1 Å². The molecule has 16 heavy (non-hydrogen) atoms. The molecule has 6 heteroatoms. The number of unbranched alkanes of at least 4 members (excludes halogenated alkanes) is 4. The van der Waals surface area contributed by atoms with Gasteiger partial charge in [0, 0.05) is 13.1 Å². The van der Waals surface area contributed by atoms with E-state index in [-0.39, 0.29) is 0 Å². The lowest BCUT2D eigenvalue weighted by molar-refractivity contribution is -0.0556. The van der Waals surface area contributed by atoms with Crippen LogP contribution in [-0.2, 0) is 16.4 Å². The number of hydrogen-bond donors (Lipinski definition) is 2. The van der Waals surface area contributed by atoms with Crippen LogP contribution in [0.1, 0.15) is 52.4 Å². The maximum Gasteiger partial charge on any atom is 0.258 e. The summed E-state index contributed by atoms with van der Waals surface area (Å²) in [4.78, 5) is 9.43. The molecule has 0 heterocycles. The van der Waals surface area contributed by atoms with Crippen LogP contribution in [0.25, 0.3) is 0 Å². The fourth-order valence-corrected chi connectivity index (χ4v) is 2.48. The predicted molar refractivity (Wildman–Crippen MR) is 77.2 cm³/mol. The van der Waals surface area contributed by atoms with Gasteiger partial charge in [-0.25, -0.2) is 4.62 Å². The van der Waals surface area contributed by atoms with Gasteiger partial charge in [0.2, 0.25) is 0 Å². The molecule has 0 saturated heterocycles. The van der Waals surface area contributed by atoms with Gasteiger partial charge < -0.3 is 4.89 Å². The first-order chi connectivity index (χ1) is 7.49. The van der Waals surface area contributed by atoms with E-state index in [1.54, 1.807) is 5.06 Å². The molecule has 3 nitrogen and oxygen atoms in total. The van der Waals surface area contributed by atoms with E-state index >= 15 is 0 Å². The van der Waals surface area contributed by atoms with Crippen LogP contribution in [0, 0.1) is 0 Å². The van der Waals surface area contributed by atoms with Crippen molar-refractivity contribution in [3.05, 3.63) is 0 Å². The van der Waals surface area contributed by atoms with Crippen molar-refractivity contribution in [2.24, 2.45) is 0 Å². The highest BCUT2D eigenvalue weighted by Gasteiger charge is 2.13. The summed E-state index contributed by atoms with van der Waals surface area (Å²) in [6.07, 6.45) is 6.86. The smallest absolute Gasteiger partial charge is 0.258 e. The Labute approximate surface area is 110 Å². The lowest BCUT2D eigenvalue weighted by Gasteiger charge is -2.23. The second-order valence-electron chi connectivity index (χ2n) is 3.92. The van der Waals surface area contributed by atoms with Gasteiger partial charge in [-0.15, -0.1) is 0 Å². The second kappa shape index (κ2) is 9.86. The van der Waals surface area contributed by atoms with E-state index < -0.39 is 5.69 Å². The molecule has 1 unspecified atom stereocenters. The molecule has 0 amide bonds. The minimum absolute atomic E-state index is 0.830. The lowest BCUT2D eigenvalue weighted by atomic mass is 10.2. The average Bonchev–Trinajstić information content (AvgIpc) is 2.16. The molecule has 0 aliphatic carbocycles. The van der Waals surface area contributed by atoms with Crippen molar-refractivity contribution < 1.29 is 9.52 Å². The zero-order valence-corrected chi connectivity index (χ0v) is 12.9. The first-order valence-electron chi connectivity index (χ1n) is 5.99. The van der Waals surface area contributed by atoms with Crippen molar-refractivity contribution in [2.75, 3.05) is 13.1 Å². The van der Waals surface area contributed by atoms with Gasteiger partial charge in [-0.05, 0) is 24.6 Å². The summed E-state index contributed by atoms with van der Waals surface area (Å²) in [5.41, 5.74) is -2.87. The molecule has 0 radical (unpaired) electrons. The van der Waals surface area contributed by atoms with Crippen molar-refractivity contribution >= 4 is 29.7 Å². The van der Waals surface area contributed by atoms with Crippen molar-refractivity contribution in [3.8, 4) is 0 Å². The summed E-state index contributed by atoms with van der Waals surface area (Å²) < 4.78 is 5.31. The average molecular weight is 285 g/mol. The van der Waals surface area contributed by atoms with Crippen LogP contribution in [0.15, 0.2) is 0 Å². The lowest BCUT2D eigenvalue weighted by Crippen LogP contribution is -2.24. The van der Waals surface area contributed by atoms with Crippen LogP contribution < -0.4 is 0 Å². The second-order valence-corrected chi connectivity index (χ2v) is 8.98. The zero-order valence-electron chi connectivity index (χ0n) is 10.3. The van der Waals surface area contributed by atoms with Gasteiger partial charge in [0.1, 0.15) is 0 Å². The molecule has 0 rings (SSSR count). The summed E-state index contributed by atoms with van der Waals surface area (Å²) in [5, 5.41) is 1.79. The molecule has 0 aromatic carbocycles. The van der Waals surface area contributed by atoms with Gasteiger partial charge in [-0.3, -0.25) is 0 Å². The molecular weight excluding hydrogens is 261 g/mol. The number of hydroxylamine groups is 2. The van der Waals surface area contributed by atoms with Gasteiger partial charge in [0.25, 0.3) is 5.69 Å². The molecule has 98 valence electrons. The normalized spacial score (nSPS) is 15.3. The Morgan fingerprint density at radius 1 is 1.12 bits per heavy atom. The van der Waals surface area contributed by atoms with Crippen molar-refractivity contribution in [3.63, 3.8) is 0 Å². The number of rotatable bonds is 10. The molecule has 0 fully saturated rings. The highest BCUT2D eigenvalue weighted by Crippen LogP contribution is 2.48. The van der Waals surface area contributed by atoms with Crippen LogP contribution in [0.5, 0.6) is 0 Å². The quantitative estimate of drug-likeness (QED) is 0.277. The first kappa shape index (κ1) is 16.9. The molecule has 0 aromatic heterocycles. The van der Waals surface area contributed by atoms with Crippen molar-refractivity contribution in [1.29, 1.82) is 0 Å². The summed E-state index contributed by atoms with van der Waals surface area (Å²) in [5.74, 6) is 0. The van der Waals surface area contributed by atoms with Crippen molar-refractivity contribution in [2.45, 2.75) is 52.4 Å². The summed E-state index contributed by atoms with van der Waals surface area (Å²) in [7, 11) is 0. The van der Waals surface area contributed by atoms with E-state index in [1.807, 2.05) is 0 Å². The maximum absolute atomic E-state index is 9.43. The summed E-state index contributed by atoms with van der Waals surface area (Å²) >= 11 is 8.69. The molecule has 0 saturated carbocycles. The topological polar surface area (TPSA) is 32.7 Å². The van der Waals surface area contributed by atoms with E-state index in [1.165, 1.54) is 25.7 Å². The van der Waals surface area contributed by atoms with Crippen LogP contribution in [-0.4, -0.2) is 23.0 Å². The molecular formula is C10H24NO2PS2. The summed E-state index contributed by atoms with van der Waals surface area (Å²) in [6.45, 7) is 5.99. The third-order valence-electron chi connectivity index (χ3n) is 2.24. The fourth-order valence-electron chi connectivity index (χ4n) is 1.42. The fraction of sp³-hybridized carbons (Fsp3) is 1.00. The minimum Gasteiger partial charge on any atom is -0.337 e. The highest BCUT2D eigenvalue weighted by atomic mass is 32.9. The van der Waals surface area contributed by atoms with Gasteiger partial charge in [-0.1, -0.05) is 51.8 Å². The van der Waals surface area contributed by atoms with Crippen LogP contribution in [0.2, 0.25) is 0 Å². The van der Waals surface area contributed by atoms with E-state index in [0.29, 0.717) is 0 Å². The SMILES string of the molecule is CCCCCN(CCCCC)OP(O)(=S)S. The van der Waals surface area contributed by atoms with E-state index in [4.69, 9.17) is 16.4 Å². The highest BCUT2D eigenvalue weighted by molar-refractivity contribution is 8.59. The van der Waals surface area contributed by atoms with Crippen LogP contribution >= 0.6 is 17.9 Å². The third-order valence-corrected chi connectivity index (χ3v) is 3.11. The molecule has 0 bridgehead atoms. The third kappa shape index (κ3) is 11.4. The van der Waals surface area contributed by atoms with Gasteiger partial charge in [-0.2, -0.15) is 5.06 Å². The van der Waals surface area contributed by atoms with E-state index in [0.717, 1.165) is 25.9 Å². The molecule has 0 aliphatic rings. The van der Waals surface area contributed by atoms with E-state index in [9.17, 15) is 4.89 Å². The van der Waals surface area contributed by atoms with Crippen LogP contribution in [0.4, 0.5) is 0 Å². The number of thiol groups is 1. The maximum atomic E-state index is 9.43. The van der Waals surface area contributed by atoms with Crippen molar-refractivity contribution in [1.82, 2.24) is 5.06 Å². The molecule has 1 N–H and O–H groups in total. The Hall–Kier alpha value is 0.880. The Bertz CT molecular complexity index is 201. The molecule has 0 aromatic rings. The first-order valence-corrected chi connectivity index (χ1v) is 9.82. The zero-order chi connectivity index (χ0) is 12.4. The number of hydrogen-bond acceptors (Lipinski definition) is 3. The Morgan fingerprint density at radius 3 is 1.88 bits per heavy atom. The Kier molecular flexibility index (Phi) is 10.4. The summed E-state index contributed by atoms with van der Waals surface area (Å²) in [6, 6.07) is 0. The van der Waals surface area contributed by atoms with Gasteiger partial charge in [0.15, 0.2) is 0 Å². The van der Waals surface area contributed by atoms with Gasteiger partial charge in [0.05, 0.1) is 0 Å². The Morgan fingerprint density at radius 2 is 1.56 bits per heavy atom. The van der Waals surface area contributed by atoms with Gasteiger partial charge >= 0.3 is 0 Å². The Balaban J connectivity index is 3.90. The van der Waals surface area contributed by atoms with Crippen LogP contribution in [0.3, 0.4) is 0 Å². The largest absolute Gasteiger partial charge is 0.337 e. The molecule has 1 atom stereocenters. The standard InChI is InChI=1S/C10H24NO2PS2/c1-3-5-7-9-11(10-8-6-4-2)13-14(12,15)16/h3-10H2,1-2H3,(H2,12,15,16). The molecule has 0 aliphatic heterocycles. The predicted octanol–water partition coefficient (Wildman–Crippen LogP) is 3.75. The number of nitrogens with zero attached hydrogens (tertiary/aromatic N) is 1. The molecule has 0 spiro atoms.